The van der Waals surface area contributed by atoms with Crippen molar-refractivity contribution in [3.63, 3.8) is 0 Å². The van der Waals surface area contributed by atoms with Gasteiger partial charge in [-0.1, -0.05) is 164 Å². The van der Waals surface area contributed by atoms with Crippen molar-refractivity contribution in [2.45, 2.75) is 0 Å². The van der Waals surface area contributed by atoms with E-state index in [-0.39, 0.29) is 0 Å². The Hall–Kier alpha value is -8.16. The molecule has 0 amide bonds. The van der Waals surface area contributed by atoms with Gasteiger partial charge in [0.15, 0.2) is 23.3 Å². The molecule has 0 bridgehead atoms. The fraction of sp³-hybridized carbons (Fsp3) is 0. The zero-order valence-electron chi connectivity index (χ0n) is 31.6. The van der Waals surface area contributed by atoms with E-state index in [1.165, 1.54) is 0 Å². The van der Waals surface area contributed by atoms with E-state index in [9.17, 15) is 0 Å². The highest BCUT2D eigenvalue weighted by molar-refractivity contribution is 6.12. The minimum atomic E-state index is 0.451. The topological polar surface area (TPSA) is 90.5 Å². The largest absolute Gasteiger partial charge is 0.456 e. The number of pyridine rings is 1. The van der Waals surface area contributed by atoms with E-state index in [1.807, 2.05) is 109 Å². The summed E-state index contributed by atoms with van der Waals surface area (Å²) in [5, 5.41) is 3.29. The van der Waals surface area contributed by atoms with E-state index >= 15 is 0 Å². The van der Waals surface area contributed by atoms with Crippen LogP contribution in [-0.2, 0) is 0 Å². The van der Waals surface area contributed by atoms with Gasteiger partial charge in [-0.3, -0.25) is 4.98 Å². The third-order valence-electron chi connectivity index (χ3n) is 10.6. The van der Waals surface area contributed by atoms with Gasteiger partial charge in [-0.25, -0.2) is 24.9 Å². The molecular formula is C52H32N6O. The summed E-state index contributed by atoms with van der Waals surface area (Å²) in [4.78, 5) is 30.0. The number of hydrogen-bond acceptors (Lipinski definition) is 7. The monoisotopic (exact) mass is 756 g/mol. The molecular weight excluding hydrogens is 725 g/mol. The molecule has 7 aromatic carbocycles. The van der Waals surface area contributed by atoms with Gasteiger partial charge in [0.25, 0.3) is 0 Å². The quantitative estimate of drug-likeness (QED) is 0.160. The van der Waals surface area contributed by atoms with Gasteiger partial charge in [0.05, 0.1) is 11.2 Å². The van der Waals surface area contributed by atoms with E-state index in [4.69, 9.17) is 29.3 Å². The van der Waals surface area contributed by atoms with Gasteiger partial charge in [-0.15, -0.1) is 0 Å². The van der Waals surface area contributed by atoms with Crippen LogP contribution in [0.2, 0.25) is 0 Å². The van der Waals surface area contributed by atoms with Crippen molar-refractivity contribution in [2.75, 3.05) is 0 Å². The molecule has 0 aliphatic carbocycles. The van der Waals surface area contributed by atoms with Crippen molar-refractivity contribution in [3.05, 3.63) is 194 Å². The van der Waals surface area contributed by atoms with Crippen LogP contribution in [0.4, 0.5) is 0 Å². The lowest BCUT2D eigenvalue weighted by atomic mass is 9.98. The van der Waals surface area contributed by atoms with E-state index in [2.05, 4.69) is 89.9 Å². The van der Waals surface area contributed by atoms with Crippen molar-refractivity contribution in [1.29, 1.82) is 0 Å². The first kappa shape index (κ1) is 34.1. The average Bonchev–Trinajstić information content (AvgIpc) is 3.71. The number of nitrogens with zero attached hydrogens (tertiary/aromatic N) is 6. The second-order valence-corrected chi connectivity index (χ2v) is 14.3. The molecule has 0 saturated carbocycles. The zero-order valence-corrected chi connectivity index (χ0v) is 31.6. The van der Waals surface area contributed by atoms with Gasteiger partial charge < -0.3 is 4.42 Å². The Morgan fingerprint density at radius 1 is 0.339 bits per heavy atom. The van der Waals surface area contributed by atoms with Gasteiger partial charge >= 0.3 is 0 Å². The Morgan fingerprint density at radius 2 is 0.864 bits per heavy atom. The molecule has 11 aromatic rings. The molecule has 4 heterocycles. The zero-order chi connectivity index (χ0) is 39.1. The lowest BCUT2D eigenvalue weighted by molar-refractivity contribution is 0.669. The molecule has 0 aliphatic heterocycles. The van der Waals surface area contributed by atoms with Crippen LogP contribution in [0.3, 0.4) is 0 Å². The van der Waals surface area contributed by atoms with Gasteiger partial charge in [0, 0.05) is 50.2 Å². The molecule has 276 valence electrons. The average molecular weight is 757 g/mol. The van der Waals surface area contributed by atoms with Gasteiger partial charge in [0.2, 0.25) is 0 Å². The molecule has 0 atom stereocenters. The summed E-state index contributed by atoms with van der Waals surface area (Å²) >= 11 is 0. The minimum Gasteiger partial charge on any atom is -0.456 e. The van der Waals surface area contributed by atoms with Gasteiger partial charge in [0.1, 0.15) is 16.9 Å². The van der Waals surface area contributed by atoms with E-state index in [0.717, 1.165) is 83.0 Å². The first-order chi connectivity index (χ1) is 29.2. The highest BCUT2D eigenvalue weighted by Gasteiger charge is 2.18. The van der Waals surface area contributed by atoms with E-state index in [0.29, 0.717) is 29.0 Å². The lowest BCUT2D eigenvalue weighted by Gasteiger charge is -2.12. The number of furan rings is 1. The van der Waals surface area contributed by atoms with Crippen molar-refractivity contribution >= 4 is 32.8 Å². The molecule has 0 spiro atoms. The summed E-state index contributed by atoms with van der Waals surface area (Å²) in [7, 11) is 0. The molecule has 0 fully saturated rings. The van der Waals surface area contributed by atoms with Crippen molar-refractivity contribution in [2.24, 2.45) is 0 Å². The fourth-order valence-electron chi connectivity index (χ4n) is 7.73. The maximum Gasteiger partial charge on any atom is 0.182 e. The molecule has 0 N–H and O–H groups in total. The summed E-state index contributed by atoms with van der Waals surface area (Å²) in [5.41, 5.74) is 11.9. The normalized spacial score (nSPS) is 11.4. The Bertz CT molecular complexity index is 3300. The first-order valence-corrected chi connectivity index (χ1v) is 19.4. The van der Waals surface area contributed by atoms with Gasteiger partial charge in [-0.05, 0) is 41.0 Å². The van der Waals surface area contributed by atoms with Crippen LogP contribution < -0.4 is 0 Å². The second-order valence-electron chi connectivity index (χ2n) is 14.3. The second kappa shape index (κ2) is 14.4. The maximum atomic E-state index is 6.19. The highest BCUT2D eigenvalue weighted by atomic mass is 16.3. The highest BCUT2D eigenvalue weighted by Crippen LogP contribution is 2.38. The molecule has 0 saturated heterocycles. The maximum absolute atomic E-state index is 6.19. The van der Waals surface area contributed by atoms with Crippen LogP contribution >= 0.6 is 0 Å². The Labute approximate surface area is 339 Å². The summed E-state index contributed by atoms with van der Waals surface area (Å²) < 4.78 is 6.19. The van der Waals surface area contributed by atoms with Crippen LogP contribution in [-0.4, -0.2) is 29.9 Å². The Kier molecular flexibility index (Phi) is 8.33. The summed E-state index contributed by atoms with van der Waals surface area (Å²) in [6.07, 6.45) is 1.84. The van der Waals surface area contributed by atoms with Crippen molar-refractivity contribution in [1.82, 2.24) is 29.9 Å². The number of fused-ring (bicyclic) bond motifs is 4. The standard InChI is InChI=1S/C52H32N6O/c1-3-12-37(13-4-1)49-54-43(35-27-23-34(24-28-35)41-20-9-16-36-17-11-31-53-48(36)41)32-44(55-49)52-57-50(38-14-5-2-6-15-38)56-51(58-52)39-29-25-33(26-30-39)40-19-10-22-46-47(40)42-18-7-8-21-45(42)59-46/h1-32H. The molecule has 7 heteroatoms. The van der Waals surface area contributed by atoms with Crippen LogP contribution in [0.1, 0.15) is 0 Å². The van der Waals surface area contributed by atoms with Crippen LogP contribution in [0.15, 0.2) is 199 Å². The first-order valence-electron chi connectivity index (χ1n) is 19.4. The number of hydrogen-bond donors (Lipinski definition) is 0. The smallest absolute Gasteiger partial charge is 0.182 e. The Balaban J connectivity index is 1.03. The molecule has 0 unspecified atom stereocenters. The predicted molar refractivity (Wildman–Crippen MR) is 236 cm³/mol. The minimum absolute atomic E-state index is 0.451. The number of benzene rings is 7. The molecule has 11 rings (SSSR count). The van der Waals surface area contributed by atoms with Crippen LogP contribution in [0.25, 0.3) is 112 Å². The van der Waals surface area contributed by atoms with Crippen molar-refractivity contribution in [3.8, 4) is 79.2 Å². The summed E-state index contributed by atoms with van der Waals surface area (Å²) in [6, 6.07) is 63.4. The molecule has 59 heavy (non-hydrogen) atoms. The van der Waals surface area contributed by atoms with Crippen molar-refractivity contribution < 1.29 is 4.42 Å². The molecule has 0 aliphatic rings. The Morgan fingerprint density at radius 3 is 1.61 bits per heavy atom. The number of rotatable bonds is 7. The lowest BCUT2D eigenvalue weighted by Crippen LogP contribution is -2.03. The van der Waals surface area contributed by atoms with Crippen LogP contribution in [0.5, 0.6) is 0 Å². The fourth-order valence-corrected chi connectivity index (χ4v) is 7.73. The van der Waals surface area contributed by atoms with E-state index in [1.54, 1.807) is 0 Å². The van der Waals surface area contributed by atoms with Gasteiger partial charge in [-0.2, -0.15) is 0 Å². The predicted octanol–water partition coefficient (Wildman–Crippen LogP) is 12.8. The number of para-hydroxylation sites is 2. The molecule has 4 aromatic heterocycles. The van der Waals surface area contributed by atoms with E-state index < -0.39 is 0 Å². The molecule has 7 nitrogen and oxygen atoms in total. The summed E-state index contributed by atoms with van der Waals surface area (Å²) in [5.74, 6) is 2.13. The molecule has 0 radical (unpaired) electrons. The SMILES string of the molecule is c1ccc(-c2nc(-c3ccc(-c4cccc5cccnc45)cc3)cc(-c3nc(-c4ccccc4)nc(-c4ccc(-c5cccc6oc7ccccc7c56)cc4)n3)n2)cc1. The number of aromatic nitrogens is 6. The third kappa shape index (κ3) is 6.37. The third-order valence-corrected chi connectivity index (χ3v) is 10.6. The summed E-state index contributed by atoms with van der Waals surface area (Å²) in [6.45, 7) is 0. The van der Waals surface area contributed by atoms with Crippen LogP contribution in [0, 0.1) is 0 Å².